The average Bonchev–Trinajstić information content (AvgIpc) is 2.56. The number of aryl methyl sites for hydroxylation is 2. The predicted octanol–water partition coefficient (Wildman–Crippen LogP) is 1.76. The molecule has 4 nitrogen and oxygen atoms in total. The number of hydrogen-bond donors (Lipinski definition) is 0. The lowest BCUT2D eigenvalue weighted by Gasteiger charge is -2.00. The second-order valence-electron chi connectivity index (χ2n) is 2.90. The van der Waals surface area contributed by atoms with Crippen LogP contribution in [-0.4, -0.2) is 28.0 Å². The minimum atomic E-state index is -0.384. The van der Waals surface area contributed by atoms with E-state index in [-0.39, 0.29) is 5.97 Å². The molecule has 78 valence electrons. The van der Waals surface area contributed by atoms with E-state index >= 15 is 0 Å². The molecular formula is C9H13BrN2O2. The van der Waals surface area contributed by atoms with Crippen molar-refractivity contribution in [2.75, 3.05) is 12.4 Å². The van der Waals surface area contributed by atoms with Crippen molar-refractivity contribution in [3.63, 3.8) is 0 Å². The van der Waals surface area contributed by atoms with Crippen molar-refractivity contribution in [1.82, 2.24) is 9.55 Å². The van der Waals surface area contributed by atoms with Gasteiger partial charge in [0.1, 0.15) is 5.82 Å². The lowest BCUT2D eigenvalue weighted by atomic mass is 10.4. The highest BCUT2D eigenvalue weighted by Crippen LogP contribution is 2.05. The monoisotopic (exact) mass is 260 g/mol. The van der Waals surface area contributed by atoms with Gasteiger partial charge in [-0.2, -0.15) is 0 Å². The van der Waals surface area contributed by atoms with Crippen molar-refractivity contribution in [3.05, 3.63) is 17.7 Å². The van der Waals surface area contributed by atoms with Crippen LogP contribution in [-0.2, 0) is 11.3 Å². The number of halogens is 1. The third kappa shape index (κ3) is 2.57. The SMILES string of the molecule is COC(=O)c1cn(CCCBr)c(C)n1. The molecule has 0 aliphatic heterocycles. The van der Waals surface area contributed by atoms with Crippen molar-refractivity contribution in [2.45, 2.75) is 19.9 Å². The maximum absolute atomic E-state index is 11.1. The highest BCUT2D eigenvalue weighted by Gasteiger charge is 2.11. The lowest BCUT2D eigenvalue weighted by Crippen LogP contribution is -2.01. The highest BCUT2D eigenvalue weighted by molar-refractivity contribution is 9.09. The van der Waals surface area contributed by atoms with Crippen LogP contribution >= 0.6 is 15.9 Å². The van der Waals surface area contributed by atoms with E-state index in [2.05, 4.69) is 25.7 Å². The van der Waals surface area contributed by atoms with Gasteiger partial charge in [-0.1, -0.05) is 15.9 Å². The second kappa shape index (κ2) is 5.14. The zero-order valence-electron chi connectivity index (χ0n) is 8.29. The first-order chi connectivity index (χ1) is 6.69. The first kappa shape index (κ1) is 11.2. The molecule has 0 aromatic carbocycles. The van der Waals surface area contributed by atoms with Crippen LogP contribution in [0.3, 0.4) is 0 Å². The number of carbonyl (C=O) groups is 1. The number of imidazole rings is 1. The van der Waals surface area contributed by atoms with E-state index in [0.717, 1.165) is 24.1 Å². The van der Waals surface area contributed by atoms with Crippen LogP contribution in [0.15, 0.2) is 6.20 Å². The summed E-state index contributed by atoms with van der Waals surface area (Å²) in [6, 6.07) is 0. The summed E-state index contributed by atoms with van der Waals surface area (Å²) in [6.07, 6.45) is 2.74. The van der Waals surface area contributed by atoms with Gasteiger partial charge in [-0.3, -0.25) is 0 Å². The van der Waals surface area contributed by atoms with E-state index in [1.165, 1.54) is 7.11 Å². The molecule has 5 heteroatoms. The Labute approximate surface area is 91.4 Å². The molecule has 0 radical (unpaired) electrons. The smallest absolute Gasteiger partial charge is 0.358 e. The summed E-state index contributed by atoms with van der Waals surface area (Å²) in [4.78, 5) is 15.3. The number of aromatic nitrogens is 2. The van der Waals surface area contributed by atoms with Crippen LogP contribution in [0.2, 0.25) is 0 Å². The summed E-state index contributed by atoms with van der Waals surface area (Å²) >= 11 is 3.36. The molecule has 1 aromatic rings. The summed E-state index contributed by atoms with van der Waals surface area (Å²) < 4.78 is 6.54. The molecule has 0 amide bonds. The van der Waals surface area contributed by atoms with E-state index in [4.69, 9.17) is 0 Å². The third-order valence-corrected chi connectivity index (χ3v) is 2.46. The predicted molar refractivity (Wildman–Crippen MR) is 56.7 cm³/mol. The van der Waals surface area contributed by atoms with E-state index in [1.54, 1.807) is 6.20 Å². The van der Waals surface area contributed by atoms with Crippen molar-refractivity contribution in [3.8, 4) is 0 Å². The Morgan fingerprint density at radius 3 is 3.00 bits per heavy atom. The Hall–Kier alpha value is -0.840. The van der Waals surface area contributed by atoms with Gasteiger partial charge in [-0.05, 0) is 13.3 Å². The molecule has 0 spiro atoms. The molecule has 0 N–H and O–H groups in total. The summed E-state index contributed by atoms with van der Waals surface area (Å²) in [5, 5.41) is 0.943. The van der Waals surface area contributed by atoms with Gasteiger partial charge in [0.15, 0.2) is 5.69 Å². The first-order valence-electron chi connectivity index (χ1n) is 4.37. The van der Waals surface area contributed by atoms with Crippen LogP contribution < -0.4 is 0 Å². The Morgan fingerprint density at radius 2 is 2.43 bits per heavy atom. The van der Waals surface area contributed by atoms with Crippen LogP contribution in [0.4, 0.5) is 0 Å². The van der Waals surface area contributed by atoms with Gasteiger partial charge in [-0.15, -0.1) is 0 Å². The first-order valence-corrected chi connectivity index (χ1v) is 5.49. The van der Waals surface area contributed by atoms with Crippen molar-refractivity contribution >= 4 is 21.9 Å². The molecule has 0 saturated carbocycles. The fraction of sp³-hybridized carbons (Fsp3) is 0.556. The molecule has 0 aliphatic carbocycles. The van der Waals surface area contributed by atoms with E-state index in [0.29, 0.717) is 5.69 Å². The van der Waals surface area contributed by atoms with Gasteiger partial charge < -0.3 is 9.30 Å². The Kier molecular flexibility index (Phi) is 4.13. The molecule has 0 saturated heterocycles. The van der Waals surface area contributed by atoms with Crippen molar-refractivity contribution < 1.29 is 9.53 Å². The summed E-state index contributed by atoms with van der Waals surface area (Å²) in [5.74, 6) is 0.456. The molecule has 1 rings (SSSR count). The van der Waals surface area contributed by atoms with Crippen LogP contribution in [0.1, 0.15) is 22.7 Å². The minimum Gasteiger partial charge on any atom is -0.464 e. The summed E-state index contributed by atoms with van der Waals surface area (Å²) in [7, 11) is 1.36. The number of rotatable bonds is 4. The van der Waals surface area contributed by atoms with Gasteiger partial charge in [0.05, 0.1) is 7.11 Å². The maximum Gasteiger partial charge on any atom is 0.358 e. The van der Waals surface area contributed by atoms with Crippen molar-refractivity contribution in [2.24, 2.45) is 0 Å². The Bertz CT molecular complexity index is 323. The van der Waals surface area contributed by atoms with Gasteiger partial charge in [0.25, 0.3) is 0 Å². The number of methoxy groups -OCH3 is 1. The molecule has 0 unspecified atom stereocenters. The van der Waals surface area contributed by atoms with Gasteiger partial charge in [0, 0.05) is 18.1 Å². The van der Waals surface area contributed by atoms with E-state index in [9.17, 15) is 4.79 Å². The molecular weight excluding hydrogens is 248 g/mol. The topological polar surface area (TPSA) is 44.1 Å². The molecule has 0 bridgehead atoms. The van der Waals surface area contributed by atoms with Gasteiger partial charge >= 0.3 is 5.97 Å². The zero-order valence-corrected chi connectivity index (χ0v) is 9.87. The normalized spacial score (nSPS) is 10.2. The minimum absolute atomic E-state index is 0.375. The van der Waals surface area contributed by atoms with Crippen LogP contribution in [0.25, 0.3) is 0 Å². The van der Waals surface area contributed by atoms with E-state index in [1.807, 2.05) is 11.5 Å². The molecule has 14 heavy (non-hydrogen) atoms. The summed E-state index contributed by atoms with van der Waals surface area (Å²) in [6.45, 7) is 2.74. The number of carbonyl (C=O) groups excluding carboxylic acids is 1. The third-order valence-electron chi connectivity index (χ3n) is 1.90. The Balaban J connectivity index is 2.76. The molecule has 1 heterocycles. The number of nitrogens with zero attached hydrogens (tertiary/aromatic N) is 2. The molecule has 0 aliphatic rings. The van der Waals surface area contributed by atoms with E-state index < -0.39 is 0 Å². The highest BCUT2D eigenvalue weighted by atomic mass is 79.9. The largest absolute Gasteiger partial charge is 0.464 e. The standard InChI is InChI=1S/C9H13BrN2O2/c1-7-11-8(9(13)14-2)6-12(7)5-3-4-10/h6H,3-5H2,1-2H3. The Morgan fingerprint density at radius 1 is 1.71 bits per heavy atom. The fourth-order valence-corrected chi connectivity index (χ4v) is 1.42. The summed E-state index contributed by atoms with van der Waals surface area (Å²) in [5.41, 5.74) is 0.375. The number of esters is 1. The van der Waals surface area contributed by atoms with Crippen LogP contribution in [0, 0.1) is 6.92 Å². The number of alkyl halides is 1. The van der Waals surface area contributed by atoms with Gasteiger partial charge in [0.2, 0.25) is 0 Å². The zero-order chi connectivity index (χ0) is 10.6. The fourth-order valence-electron chi connectivity index (χ4n) is 1.17. The maximum atomic E-state index is 11.1. The molecule has 0 atom stereocenters. The molecule has 0 fully saturated rings. The average molecular weight is 261 g/mol. The number of hydrogen-bond acceptors (Lipinski definition) is 3. The number of ether oxygens (including phenoxy) is 1. The lowest BCUT2D eigenvalue weighted by molar-refractivity contribution is 0.0594. The van der Waals surface area contributed by atoms with Crippen molar-refractivity contribution in [1.29, 1.82) is 0 Å². The molecule has 1 aromatic heterocycles. The second-order valence-corrected chi connectivity index (χ2v) is 3.69. The quantitative estimate of drug-likeness (QED) is 0.612. The van der Waals surface area contributed by atoms with Crippen LogP contribution in [0.5, 0.6) is 0 Å². The van der Waals surface area contributed by atoms with Gasteiger partial charge in [-0.25, -0.2) is 9.78 Å².